The van der Waals surface area contributed by atoms with Crippen LogP contribution in [0.25, 0.3) is 0 Å². The van der Waals surface area contributed by atoms with E-state index in [1.165, 1.54) is 6.07 Å². The number of nitrogens with one attached hydrogen (secondary N) is 1. The van der Waals surface area contributed by atoms with E-state index in [4.69, 9.17) is 34.8 Å². The van der Waals surface area contributed by atoms with Crippen LogP contribution in [0.15, 0.2) is 36.4 Å². The van der Waals surface area contributed by atoms with Crippen LogP contribution in [0.1, 0.15) is 20.7 Å². The topological polar surface area (TPSA) is 69.2 Å². The molecule has 1 amide bonds. The molecule has 0 fully saturated rings. The molecule has 21 heavy (non-hydrogen) atoms. The summed E-state index contributed by atoms with van der Waals surface area (Å²) in [7, 11) is 0. The zero-order valence-electron chi connectivity index (χ0n) is 10.3. The molecule has 0 heterocycles. The third-order valence-electron chi connectivity index (χ3n) is 2.63. The number of benzene rings is 2. The molecule has 1 N–H and O–H groups in total. The van der Waals surface area contributed by atoms with Crippen molar-refractivity contribution in [3.63, 3.8) is 0 Å². The summed E-state index contributed by atoms with van der Waals surface area (Å²) in [6.45, 7) is 0. The van der Waals surface area contributed by atoms with Crippen LogP contribution in [0.2, 0.25) is 15.1 Å². The first-order chi connectivity index (χ1) is 9.88. The van der Waals surface area contributed by atoms with Crippen LogP contribution < -0.4 is 10.4 Å². The third-order valence-corrected chi connectivity index (χ3v) is 3.60. The highest BCUT2D eigenvalue weighted by Gasteiger charge is 2.15. The van der Waals surface area contributed by atoms with Gasteiger partial charge in [0, 0.05) is 16.3 Å². The van der Waals surface area contributed by atoms with Crippen LogP contribution in [0.5, 0.6) is 0 Å². The molecule has 0 saturated carbocycles. The Hall–Kier alpha value is -1.75. The first kappa shape index (κ1) is 15.6. The van der Waals surface area contributed by atoms with E-state index in [1.807, 2.05) is 0 Å². The number of hydrogen-bond donors (Lipinski definition) is 1. The Balaban J connectivity index is 2.36. The van der Waals surface area contributed by atoms with Crippen molar-refractivity contribution in [3.05, 3.63) is 62.6 Å². The van der Waals surface area contributed by atoms with Crippen LogP contribution in [0.4, 0.5) is 5.69 Å². The number of rotatable bonds is 3. The minimum absolute atomic E-state index is 0.0268. The molecule has 0 aliphatic carbocycles. The molecule has 0 atom stereocenters. The number of aromatic carboxylic acids is 1. The Morgan fingerprint density at radius 2 is 1.43 bits per heavy atom. The molecule has 0 aliphatic rings. The first-order valence-corrected chi connectivity index (χ1v) is 6.79. The van der Waals surface area contributed by atoms with Crippen molar-refractivity contribution >= 4 is 52.4 Å². The predicted molar refractivity (Wildman–Crippen MR) is 80.2 cm³/mol. The molecule has 2 rings (SSSR count). The van der Waals surface area contributed by atoms with Gasteiger partial charge in [-0.2, -0.15) is 0 Å². The molecule has 2 aromatic carbocycles. The number of carbonyl (C=O) groups is 2. The number of carboxylic acids is 1. The molecule has 0 aliphatic heterocycles. The standard InChI is InChI=1S/C14H8Cl3NO3/c15-7-1-3-8(4-2-7)18-13(19)9-5-11(16)12(17)6-10(9)14(20)21/h1-6H,(H,18,19)(H,20,21)/p-1. The Labute approximate surface area is 135 Å². The van der Waals surface area contributed by atoms with Gasteiger partial charge < -0.3 is 15.2 Å². The van der Waals surface area contributed by atoms with Gasteiger partial charge >= 0.3 is 0 Å². The number of carbonyl (C=O) groups excluding carboxylic acids is 2. The van der Waals surface area contributed by atoms with E-state index < -0.39 is 11.9 Å². The van der Waals surface area contributed by atoms with Crippen LogP contribution in [0.3, 0.4) is 0 Å². The summed E-state index contributed by atoms with van der Waals surface area (Å²) in [5.74, 6) is -2.16. The van der Waals surface area contributed by atoms with E-state index in [1.54, 1.807) is 24.3 Å². The molecule has 4 nitrogen and oxygen atoms in total. The lowest BCUT2D eigenvalue weighted by Gasteiger charge is -2.12. The van der Waals surface area contributed by atoms with Gasteiger partial charge in [-0.05, 0) is 36.4 Å². The zero-order chi connectivity index (χ0) is 15.6. The van der Waals surface area contributed by atoms with Crippen molar-refractivity contribution in [2.45, 2.75) is 0 Å². The lowest BCUT2D eigenvalue weighted by atomic mass is 10.1. The third kappa shape index (κ3) is 3.67. The van der Waals surface area contributed by atoms with Gasteiger partial charge in [-0.15, -0.1) is 0 Å². The normalized spacial score (nSPS) is 10.2. The number of hydrogen-bond acceptors (Lipinski definition) is 3. The highest BCUT2D eigenvalue weighted by Crippen LogP contribution is 2.26. The summed E-state index contributed by atoms with van der Waals surface area (Å²) in [6, 6.07) is 8.60. The van der Waals surface area contributed by atoms with Crippen molar-refractivity contribution < 1.29 is 14.7 Å². The molecular formula is C14H7Cl3NO3-. The Bertz CT molecular complexity index is 714. The monoisotopic (exact) mass is 342 g/mol. The second-order valence-corrected chi connectivity index (χ2v) is 5.31. The molecular weight excluding hydrogens is 337 g/mol. The van der Waals surface area contributed by atoms with E-state index in [-0.39, 0.29) is 21.2 Å². The Morgan fingerprint density at radius 1 is 0.905 bits per heavy atom. The second-order valence-electron chi connectivity index (χ2n) is 4.06. The van der Waals surface area contributed by atoms with Gasteiger partial charge in [0.05, 0.1) is 21.6 Å². The Kier molecular flexibility index (Phi) is 4.73. The molecule has 0 saturated heterocycles. The van der Waals surface area contributed by atoms with Gasteiger partial charge in [-0.1, -0.05) is 34.8 Å². The lowest BCUT2D eigenvalue weighted by molar-refractivity contribution is -0.255. The lowest BCUT2D eigenvalue weighted by Crippen LogP contribution is -2.26. The zero-order valence-corrected chi connectivity index (χ0v) is 12.6. The van der Waals surface area contributed by atoms with Crippen LogP contribution in [0, 0.1) is 0 Å². The minimum atomic E-state index is -1.52. The molecule has 108 valence electrons. The van der Waals surface area contributed by atoms with E-state index in [0.29, 0.717) is 10.7 Å². The number of anilines is 1. The number of halogens is 3. The first-order valence-electron chi connectivity index (χ1n) is 5.66. The summed E-state index contributed by atoms with van der Waals surface area (Å²) in [4.78, 5) is 23.2. The van der Waals surface area contributed by atoms with Gasteiger partial charge in [-0.25, -0.2) is 0 Å². The van der Waals surface area contributed by atoms with Crippen LogP contribution >= 0.6 is 34.8 Å². The maximum Gasteiger partial charge on any atom is 0.256 e. The highest BCUT2D eigenvalue weighted by molar-refractivity contribution is 6.42. The summed E-state index contributed by atoms with van der Waals surface area (Å²) in [5.41, 5.74) is -0.0185. The molecule has 0 spiro atoms. The second kappa shape index (κ2) is 6.35. The maximum absolute atomic E-state index is 12.2. The molecule has 2 aromatic rings. The fourth-order valence-corrected chi connectivity index (χ4v) is 2.09. The van der Waals surface area contributed by atoms with E-state index in [9.17, 15) is 14.7 Å². The van der Waals surface area contributed by atoms with Gasteiger partial charge in [0.2, 0.25) is 0 Å². The van der Waals surface area contributed by atoms with E-state index >= 15 is 0 Å². The van der Waals surface area contributed by atoms with Crippen LogP contribution in [-0.2, 0) is 0 Å². The molecule has 7 heteroatoms. The maximum atomic E-state index is 12.2. The summed E-state index contributed by atoms with van der Waals surface area (Å²) in [5, 5.41) is 14.2. The molecule has 0 bridgehead atoms. The summed E-state index contributed by atoms with van der Waals surface area (Å²) in [6.07, 6.45) is 0. The van der Waals surface area contributed by atoms with Crippen molar-refractivity contribution in [3.8, 4) is 0 Å². The largest absolute Gasteiger partial charge is 0.545 e. The molecule has 0 radical (unpaired) electrons. The average Bonchev–Trinajstić information content (AvgIpc) is 2.43. The van der Waals surface area contributed by atoms with Gasteiger partial charge in [-0.3, -0.25) is 4.79 Å². The Morgan fingerprint density at radius 3 is 1.95 bits per heavy atom. The molecule has 0 unspecified atom stereocenters. The van der Waals surface area contributed by atoms with Gasteiger partial charge in [0.15, 0.2) is 0 Å². The van der Waals surface area contributed by atoms with Crippen molar-refractivity contribution in [2.24, 2.45) is 0 Å². The minimum Gasteiger partial charge on any atom is -0.545 e. The van der Waals surface area contributed by atoms with E-state index in [0.717, 1.165) is 6.07 Å². The van der Waals surface area contributed by atoms with Crippen molar-refractivity contribution in [1.82, 2.24) is 0 Å². The predicted octanol–water partition coefficient (Wildman–Crippen LogP) is 3.26. The average molecular weight is 344 g/mol. The molecule has 0 aromatic heterocycles. The number of carboxylic acid groups (broad SMARTS) is 1. The quantitative estimate of drug-likeness (QED) is 0.930. The smallest absolute Gasteiger partial charge is 0.256 e. The van der Waals surface area contributed by atoms with Crippen molar-refractivity contribution in [2.75, 3.05) is 5.32 Å². The van der Waals surface area contributed by atoms with Gasteiger partial charge in [0.1, 0.15) is 0 Å². The SMILES string of the molecule is O=C([O-])c1cc(Cl)c(Cl)cc1C(=O)Nc1ccc(Cl)cc1. The summed E-state index contributed by atoms with van der Waals surface area (Å²) < 4.78 is 0. The highest BCUT2D eigenvalue weighted by atomic mass is 35.5. The fourth-order valence-electron chi connectivity index (χ4n) is 1.64. The van der Waals surface area contributed by atoms with Gasteiger partial charge in [0.25, 0.3) is 5.91 Å². The van der Waals surface area contributed by atoms with Crippen molar-refractivity contribution in [1.29, 1.82) is 0 Å². The number of amides is 1. The fraction of sp³-hybridized carbons (Fsp3) is 0. The van der Waals surface area contributed by atoms with Crippen LogP contribution in [-0.4, -0.2) is 11.9 Å². The van der Waals surface area contributed by atoms with E-state index in [2.05, 4.69) is 5.32 Å². The summed E-state index contributed by atoms with van der Waals surface area (Å²) >= 11 is 17.3.